The molecule has 0 aromatic heterocycles. The van der Waals surface area contributed by atoms with Gasteiger partial charge in [0.1, 0.15) is 0 Å². The standard InChI is InChI=1S/C6H13N.C2H5N.H3N/c1-4-7(5-2)6-3;1-2-3;/h4H,1,5-6H2,2-3H3;2H,1,3H2;1H3. The van der Waals surface area contributed by atoms with Crippen molar-refractivity contribution >= 4 is 0 Å². The summed E-state index contributed by atoms with van der Waals surface area (Å²) in [6.07, 6.45) is 3.11. The van der Waals surface area contributed by atoms with Gasteiger partial charge in [0, 0.05) is 13.1 Å². The molecule has 0 saturated heterocycles. The van der Waals surface area contributed by atoms with Crippen LogP contribution >= 0.6 is 0 Å². The molecule has 68 valence electrons. The van der Waals surface area contributed by atoms with Crippen molar-refractivity contribution in [1.82, 2.24) is 11.1 Å². The zero-order valence-corrected chi connectivity index (χ0v) is 7.71. The van der Waals surface area contributed by atoms with E-state index in [1.807, 2.05) is 6.20 Å². The van der Waals surface area contributed by atoms with Gasteiger partial charge in [0.2, 0.25) is 0 Å². The summed E-state index contributed by atoms with van der Waals surface area (Å²) in [5.74, 6) is 0. The first-order valence-electron chi connectivity index (χ1n) is 3.45. The summed E-state index contributed by atoms with van der Waals surface area (Å²) in [6.45, 7) is 13.1. The maximum absolute atomic E-state index is 4.61. The van der Waals surface area contributed by atoms with Crippen molar-refractivity contribution in [3.8, 4) is 0 Å². The highest BCUT2D eigenvalue weighted by Crippen LogP contribution is 1.82. The molecule has 0 aromatic carbocycles. The third-order valence-electron chi connectivity index (χ3n) is 1.07. The fraction of sp³-hybridized carbons (Fsp3) is 0.500. The summed E-state index contributed by atoms with van der Waals surface area (Å²) in [7, 11) is 0. The van der Waals surface area contributed by atoms with Gasteiger partial charge in [-0.2, -0.15) is 0 Å². The molecule has 0 bridgehead atoms. The van der Waals surface area contributed by atoms with Crippen molar-refractivity contribution in [2.75, 3.05) is 13.1 Å². The maximum Gasteiger partial charge on any atom is 0.0143 e. The van der Waals surface area contributed by atoms with E-state index in [-0.39, 0.29) is 6.15 Å². The van der Waals surface area contributed by atoms with Gasteiger partial charge < -0.3 is 16.8 Å². The summed E-state index contributed by atoms with van der Waals surface area (Å²) < 4.78 is 0. The lowest BCUT2D eigenvalue weighted by atomic mass is 10.5. The van der Waals surface area contributed by atoms with Gasteiger partial charge in [-0.25, -0.2) is 0 Å². The minimum absolute atomic E-state index is 0. The fourth-order valence-electron chi connectivity index (χ4n) is 0.482. The van der Waals surface area contributed by atoms with Crippen LogP contribution in [0.15, 0.2) is 25.6 Å². The minimum Gasteiger partial charge on any atom is -0.405 e. The lowest BCUT2D eigenvalue weighted by Gasteiger charge is -2.12. The summed E-state index contributed by atoms with van der Waals surface area (Å²) >= 11 is 0. The predicted molar refractivity (Wildman–Crippen MR) is 52.5 cm³/mol. The SMILES string of the molecule is C=CN.C=CN(CC)CC.N. The van der Waals surface area contributed by atoms with Crippen LogP contribution in [0.25, 0.3) is 0 Å². The second-order valence-electron chi connectivity index (χ2n) is 1.64. The quantitative estimate of drug-likeness (QED) is 0.659. The van der Waals surface area contributed by atoms with E-state index in [1.165, 1.54) is 6.20 Å². The second kappa shape index (κ2) is 16.0. The van der Waals surface area contributed by atoms with E-state index in [4.69, 9.17) is 0 Å². The molecule has 3 nitrogen and oxygen atoms in total. The molecule has 0 heterocycles. The average Bonchev–Trinajstić information content (AvgIpc) is 1.93. The van der Waals surface area contributed by atoms with Crippen molar-refractivity contribution in [3.05, 3.63) is 25.6 Å². The highest BCUT2D eigenvalue weighted by Gasteiger charge is 1.83. The summed E-state index contributed by atoms with van der Waals surface area (Å²) in [5, 5.41) is 0. The Kier molecular flexibility index (Phi) is 24.1. The van der Waals surface area contributed by atoms with Crippen LogP contribution in [0.5, 0.6) is 0 Å². The lowest BCUT2D eigenvalue weighted by Crippen LogP contribution is -2.14. The Morgan fingerprint density at radius 3 is 1.55 bits per heavy atom. The third kappa shape index (κ3) is 17.6. The van der Waals surface area contributed by atoms with Crippen LogP contribution in [0.1, 0.15) is 13.8 Å². The molecule has 5 N–H and O–H groups in total. The zero-order valence-electron chi connectivity index (χ0n) is 7.71. The number of hydrogen-bond acceptors (Lipinski definition) is 3. The Labute approximate surface area is 70.2 Å². The Morgan fingerprint density at radius 2 is 1.55 bits per heavy atom. The zero-order chi connectivity index (χ0) is 8.41. The predicted octanol–water partition coefficient (Wildman–Crippen LogP) is 1.72. The molecule has 0 aromatic rings. The molecule has 0 aliphatic heterocycles. The van der Waals surface area contributed by atoms with Crippen LogP contribution in [0, 0.1) is 0 Å². The van der Waals surface area contributed by atoms with E-state index >= 15 is 0 Å². The van der Waals surface area contributed by atoms with Gasteiger partial charge in [0.25, 0.3) is 0 Å². The molecule has 0 fully saturated rings. The van der Waals surface area contributed by atoms with Crippen LogP contribution in [-0.2, 0) is 0 Å². The first kappa shape index (κ1) is 16.6. The van der Waals surface area contributed by atoms with Crippen molar-refractivity contribution in [1.29, 1.82) is 0 Å². The van der Waals surface area contributed by atoms with Crippen LogP contribution in [0.2, 0.25) is 0 Å². The number of nitrogens with zero attached hydrogens (tertiary/aromatic N) is 1. The topological polar surface area (TPSA) is 64.3 Å². The number of nitrogens with two attached hydrogens (primary N) is 1. The van der Waals surface area contributed by atoms with E-state index in [2.05, 4.69) is 37.6 Å². The fourth-order valence-corrected chi connectivity index (χ4v) is 0.482. The van der Waals surface area contributed by atoms with E-state index in [0.29, 0.717) is 0 Å². The molecule has 3 heteroatoms. The summed E-state index contributed by atoms with van der Waals surface area (Å²) in [4.78, 5) is 2.14. The second-order valence-corrected chi connectivity index (χ2v) is 1.64. The Bertz CT molecular complexity index is 77.4. The van der Waals surface area contributed by atoms with Crippen LogP contribution < -0.4 is 11.9 Å². The molecule has 0 amide bonds. The van der Waals surface area contributed by atoms with Gasteiger partial charge in [-0.3, -0.25) is 0 Å². The Morgan fingerprint density at radius 1 is 1.27 bits per heavy atom. The highest BCUT2D eigenvalue weighted by molar-refractivity contribution is 4.66. The first-order valence-corrected chi connectivity index (χ1v) is 3.45. The van der Waals surface area contributed by atoms with Gasteiger partial charge in [-0.15, -0.1) is 0 Å². The van der Waals surface area contributed by atoms with Crippen LogP contribution in [0.3, 0.4) is 0 Å². The van der Waals surface area contributed by atoms with Gasteiger partial charge in [0.15, 0.2) is 0 Å². The van der Waals surface area contributed by atoms with Gasteiger partial charge in [0.05, 0.1) is 0 Å². The molecule has 0 aliphatic carbocycles. The van der Waals surface area contributed by atoms with Crippen molar-refractivity contribution < 1.29 is 0 Å². The Balaban J connectivity index is -0.000000140. The number of rotatable bonds is 3. The molecule has 0 spiro atoms. The molecule has 0 unspecified atom stereocenters. The first-order chi connectivity index (χ1) is 4.76. The van der Waals surface area contributed by atoms with Crippen molar-refractivity contribution in [2.24, 2.45) is 5.73 Å². The molecule has 11 heavy (non-hydrogen) atoms. The smallest absolute Gasteiger partial charge is 0.0143 e. The van der Waals surface area contributed by atoms with Gasteiger partial charge in [-0.05, 0) is 26.2 Å². The van der Waals surface area contributed by atoms with Crippen molar-refractivity contribution in [2.45, 2.75) is 13.8 Å². The average molecular weight is 159 g/mol. The summed E-state index contributed by atoms with van der Waals surface area (Å²) in [6, 6.07) is 0. The molecule has 0 aliphatic rings. The van der Waals surface area contributed by atoms with Crippen LogP contribution in [-0.4, -0.2) is 18.0 Å². The summed E-state index contributed by atoms with van der Waals surface area (Å²) in [5.41, 5.74) is 4.61. The van der Waals surface area contributed by atoms with E-state index in [0.717, 1.165) is 13.1 Å². The molecular weight excluding hydrogens is 138 g/mol. The largest absolute Gasteiger partial charge is 0.405 e. The lowest BCUT2D eigenvalue weighted by molar-refractivity contribution is 0.420. The van der Waals surface area contributed by atoms with E-state index in [9.17, 15) is 0 Å². The monoisotopic (exact) mass is 159 g/mol. The maximum atomic E-state index is 4.61. The normalized spacial score (nSPS) is 6.36. The number of hydrogen-bond donors (Lipinski definition) is 2. The molecular formula is C8H21N3. The molecule has 0 radical (unpaired) electrons. The van der Waals surface area contributed by atoms with Crippen molar-refractivity contribution in [3.63, 3.8) is 0 Å². The minimum atomic E-state index is 0. The highest BCUT2D eigenvalue weighted by atomic mass is 15.1. The Hall–Kier alpha value is -0.960. The van der Waals surface area contributed by atoms with E-state index < -0.39 is 0 Å². The molecule has 0 atom stereocenters. The molecule has 0 rings (SSSR count). The van der Waals surface area contributed by atoms with Gasteiger partial charge >= 0.3 is 0 Å². The van der Waals surface area contributed by atoms with Crippen LogP contribution in [0.4, 0.5) is 0 Å². The van der Waals surface area contributed by atoms with E-state index in [1.54, 1.807) is 0 Å². The molecule has 0 saturated carbocycles. The van der Waals surface area contributed by atoms with Gasteiger partial charge in [-0.1, -0.05) is 13.2 Å². The third-order valence-corrected chi connectivity index (χ3v) is 1.07.